The van der Waals surface area contributed by atoms with Gasteiger partial charge in [0.25, 0.3) is 0 Å². The van der Waals surface area contributed by atoms with E-state index in [9.17, 15) is 4.79 Å². The molecule has 0 bridgehead atoms. The summed E-state index contributed by atoms with van der Waals surface area (Å²) in [6, 6.07) is 8.85. The number of hydrogen-bond donors (Lipinski definition) is 1. The number of nitrogens with two attached hydrogens (primary N) is 1. The number of rotatable bonds is 4. The number of carbonyl (C=O) groups excluding carboxylic acids is 1. The van der Waals surface area contributed by atoms with Crippen molar-refractivity contribution in [3.63, 3.8) is 0 Å². The Morgan fingerprint density at radius 3 is 2.75 bits per heavy atom. The van der Waals surface area contributed by atoms with Gasteiger partial charge in [-0.3, -0.25) is 4.79 Å². The zero-order chi connectivity index (χ0) is 11.4. The van der Waals surface area contributed by atoms with Crippen LogP contribution in [0.2, 0.25) is 0 Å². The lowest BCUT2D eigenvalue weighted by molar-refractivity contribution is -0.119. The maximum absolute atomic E-state index is 11.9. The molecule has 82 valence electrons. The zero-order valence-electron chi connectivity index (χ0n) is 8.67. The number of nitrogens with zero attached hydrogens (tertiary/aromatic N) is 1. The molecule has 2 N–H and O–H groups in total. The largest absolute Gasteiger partial charge is 0.318 e. The lowest BCUT2D eigenvalue weighted by Crippen LogP contribution is -2.22. The summed E-state index contributed by atoms with van der Waals surface area (Å²) in [5, 5.41) is 2.67. The number of ketones is 1. The van der Waals surface area contributed by atoms with E-state index in [2.05, 4.69) is 4.98 Å². The summed E-state index contributed by atoms with van der Waals surface area (Å²) in [5.74, 6) is 0.00106. The first kappa shape index (κ1) is 11.0. The van der Waals surface area contributed by atoms with E-state index in [0.29, 0.717) is 6.42 Å². The maximum atomic E-state index is 11.9. The predicted octanol–water partition coefficient (Wildman–Crippen LogP) is 1.95. The summed E-state index contributed by atoms with van der Waals surface area (Å²) in [7, 11) is 0. The van der Waals surface area contributed by atoms with Crippen molar-refractivity contribution in [2.45, 2.75) is 12.5 Å². The second-order valence-corrected chi connectivity index (χ2v) is 4.44. The first-order valence-corrected chi connectivity index (χ1v) is 5.87. The fourth-order valence-corrected chi connectivity index (χ4v) is 2.07. The number of benzene rings is 1. The standard InChI is InChI=1S/C12H12N2OS/c13-12(9-4-2-1-3-5-9)10(15)8-11-14-6-7-16-11/h1-7,12H,8,13H2. The van der Waals surface area contributed by atoms with E-state index in [-0.39, 0.29) is 5.78 Å². The van der Waals surface area contributed by atoms with Gasteiger partial charge in [-0.2, -0.15) is 0 Å². The number of carbonyl (C=O) groups is 1. The fourth-order valence-electron chi connectivity index (χ4n) is 1.45. The van der Waals surface area contributed by atoms with Gasteiger partial charge in [0.15, 0.2) is 5.78 Å². The van der Waals surface area contributed by atoms with Gasteiger partial charge in [-0.1, -0.05) is 30.3 Å². The van der Waals surface area contributed by atoms with Crippen molar-refractivity contribution in [1.29, 1.82) is 0 Å². The topological polar surface area (TPSA) is 56.0 Å². The van der Waals surface area contributed by atoms with E-state index in [1.165, 1.54) is 11.3 Å². The Bertz CT molecular complexity index is 453. The van der Waals surface area contributed by atoms with E-state index in [1.807, 2.05) is 35.7 Å². The van der Waals surface area contributed by atoms with Crippen molar-refractivity contribution in [2.75, 3.05) is 0 Å². The van der Waals surface area contributed by atoms with E-state index in [1.54, 1.807) is 6.20 Å². The minimum absolute atomic E-state index is 0.00106. The number of aromatic nitrogens is 1. The van der Waals surface area contributed by atoms with Gasteiger partial charge < -0.3 is 5.73 Å². The van der Waals surface area contributed by atoms with Crippen molar-refractivity contribution in [2.24, 2.45) is 5.73 Å². The van der Waals surface area contributed by atoms with Crippen LogP contribution in [0, 0.1) is 0 Å². The molecule has 4 heteroatoms. The minimum atomic E-state index is -0.551. The number of thiazole rings is 1. The van der Waals surface area contributed by atoms with Crippen LogP contribution < -0.4 is 5.73 Å². The van der Waals surface area contributed by atoms with Crippen molar-refractivity contribution in [3.05, 3.63) is 52.5 Å². The van der Waals surface area contributed by atoms with Crippen LogP contribution in [0.3, 0.4) is 0 Å². The lowest BCUT2D eigenvalue weighted by Gasteiger charge is -2.09. The van der Waals surface area contributed by atoms with Crippen LogP contribution in [0.5, 0.6) is 0 Å². The number of Topliss-reactive ketones (excluding diaryl/α,β-unsaturated/α-hetero) is 1. The third kappa shape index (κ3) is 2.53. The van der Waals surface area contributed by atoms with Crippen LogP contribution in [0.15, 0.2) is 41.9 Å². The third-order valence-corrected chi connectivity index (χ3v) is 3.09. The molecule has 0 aliphatic rings. The van der Waals surface area contributed by atoms with Crippen molar-refractivity contribution in [3.8, 4) is 0 Å². The Kier molecular flexibility index (Phi) is 3.44. The molecule has 0 amide bonds. The molecular formula is C12H12N2OS. The Morgan fingerprint density at radius 2 is 2.12 bits per heavy atom. The third-order valence-electron chi connectivity index (χ3n) is 2.31. The zero-order valence-corrected chi connectivity index (χ0v) is 9.48. The van der Waals surface area contributed by atoms with Crippen LogP contribution in [-0.4, -0.2) is 10.8 Å². The highest BCUT2D eigenvalue weighted by Gasteiger charge is 2.16. The molecule has 1 atom stereocenters. The first-order valence-electron chi connectivity index (χ1n) is 4.99. The molecule has 3 nitrogen and oxygen atoms in total. The molecule has 1 aromatic carbocycles. The van der Waals surface area contributed by atoms with Gasteiger partial charge in [0.05, 0.1) is 17.5 Å². The van der Waals surface area contributed by atoms with E-state index in [0.717, 1.165) is 10.6 Å². The Morgan fingerprint density at radius 1 is 1.38 bits per heavy atom. The molecule has 0 fully saturated rings. The van der Waals surface area contributed by atoms with Crippen molar-refractivity contribution in [1.82, 2.24) is 4.98 Å². The summed E-state index contributed by atoms with van der Waals surface area (Å²) >= 11 is 1.48. The quantitative estimate of drug-likeness (QED) is 0.876. The molecule has 1 aromatic heterocycles. The molecule has 1 unspecified atom stereocenters. The van der Waals surface area contributed by atoms with Gasteiger partial charge in [-0.25, -0.2) is 4.98 Å². The molecule has 0 radical (unpaired) electrons. The van der Waals surface area contributed by atoms with Gasteiger partial charge >= 0.3 is 0 Å². The van der Waals surface area contributed by atoms with E-state index < -0.39 is 6.04 Å². The van der Waals surface area contributed by atoms with Gasteiger partial charge in [0.2, 0.25) is 0 Å². The summed E-state index contributed by atoms with van der Waals surface area (Å²) < 4.78 is 0. The highest BCUT2D eigenvalue weighted by molar-refractivity contribution is 7.09. The van der Waals surface area contributed by atoms with Crippen molar-refractivity contribution >= 4 is 17.1 Å². The summed E-state index contributed by atoms with van der Waals surface area (Å²) in [4.78, 5) is 15.9. The van der Waals surface area contributed by atoms with Gasteiger partial charge in [-0.05, 0) is 5.56 Å². The predicted molar refractivity (Wildman–Crippen MR) is 64.2 cm³/mol. The molecule has 0 aliphatic carbocycles. The summed E-state index contributed by atoms with van der Waals surface area (Å²) in [5.41, 5.74) is 6.73. The average molecular weight is 232 g/mol. The molecule has 16 heavy (non-hydrogen) atoms. The van der Waals surface area contributed by atoms with Crippen LogP contribution in [0.25, 0.3) is 0 Å². The average Bonchev–Trinajstić information content (AvgIpc) is 2.82. The van der Waals surface area contributed by atoms with Crippen molar-refractivity contribution < 1.29 is 4.79 Å². The van der Waals surface area contributed by atoms with Crippen LogP contribution in [0.4, 0.5) is 0 Å². The molecule has 1 heterocycles. The summed E-state index contributed by atoms with van der Waals surface area (Å²) in [6.45, 7) is 0. The normalized spacial score (nSPS) is 12.3. The molecule has 0 spiro atoms. The lowest BCUT2D eigenvalue weighted by atomic mass is 10.0. The Labute approximate surface area is 97.9 Å². The molecule has 0 aliphatic heterocycles. The molecular weight excluding hydrogens is 220 g/mol. The smallest absolute Gasteiger partial charge is 0.160 e. The Balaban J connectivity index is 2.05. The molecule has 0 saturated carbocycles. The second-order valence-electron chi connectivity index (χ2n) is 3.46. The monoisotopic (exact) mass is 232 g/mol. The van der Waals surface area contributed by atoms with E-state index in [4.69, 9.17) is 5.73 Å². The van der Waals surface area contributed by atoms with Gasteiger partial charge in [-0.15, -0.1) is 11.3 Å². The van der Waals surface area contributed by atoms with Crippen LogP contribution >= 0.6 is 11.3 Å². The Hall–Kier alpha value is -1.52. The first-order chi connectivity index (χ1) is 7.77. The number of hydrogen-bond acceptors (Lipinski definition) is 4. The maximum Gasteiger partial charge on any atom is 0.160 e. The highest BCUT2D eigenvalue weighted by atomic mass is 32.1. The van der Waals surface area contributed by atoms with Crippen LogP contribution in [0.1, 0.15) is 16.6 Å². The fraction of sp³-hybridized carbons (Fsp3) is 0.167. The van der Waals surface area contributed by atoms with Gasteiger partial charge in [0, 0.05) is 11.6 Å². The SMILES string of the molecule is NC(C(=O)Cc1nccs1)c1ccccc1. The highest BCUT2D eigenvalue weighted by Crippen LogP contribution is 2.14. The van der Waals surface area contributed by atoms with Crippen LogP contribution in [-0.2, 0) is 11.2 Å². The second kappa shape index (κ2) is 5.01. The van der Waals surface area contributed by atoms with E-state index >= 15 is 0 Å². The van der Waals surface area contributed by atoms with Gasteiger partial charge in [0.1, 0.15) is 0 Å². The molecule has 2 aromatic rings. The summed E-state index contributed by atoms with van der Waals surface area (Å²) in [6.07, 6.45) is 2.01. The minimum Gasteiger partial charge on any atom is -0.318 e. The molecule has 0 saturated heterocycles. The molecule has 2 rings (SSSR count).